The third-order valence-corrected chi connectivity index (χ3v) is 5.65. The highest BCUT2D eigenvalue weighted by Crippen LogP contribution is 2.43. The predicted molar refractivity (Wildman–Crippen MR) is 116 cm³/mol. The molecule has 30 heavy (non-hydrogen) atoms. The fourth-order valence-corrected chi connectivity index (χ4v) is 4.16. The number of hydrogen-bond acceptors (Lipinski definition) is 5. The Bertz CT molecular complexity index is 1230. The normalized spacial score (nSPS) is 12.2. The zero-order chi connectivity index (χ0) is 20.7. The summed E-state index contributed by atoms with van der Waals surface area (Å²) in [4.78, 5) is 13.5. The van der Waals surface area contributed by atoms with Gasteiger partial charge in [-0.3, -0.25) is 9.97 Å². The molecule has 6 heteroatoms. The Morgan fingerprint density at radius 1 is 0.867 bits per heavy atom. The molecule has 1 aromatic carbocycles. The van der Waals surface area contributed by atoms with Crippen LogP contribution in [0.2, 0.25) is 0 Å². The van der Waals surface area contributed by atoms with Crippen molar-refractivity contribution < 1.29 is 9.47 Å². The average Bonchev–Trinajstić information content (AvgIpc) is 3.15. The smallest absolute Gasteiger partial charge is 0.161 e. The number of methoxy groups -OCH3 is 2. The van der Waals surface area contributed by atoms with Crippen LogP contribution in [0, 0.1) is 6.92 Å². The lowest BCUT2D eigenvalue weighted by atomic mass is 9.94. The summed E-state index contributed by atoms with van der Waals surface area (Å²) in [6.07, 6.45) is 8.26. The molecule has 0 radical (unpaired) electrons. The first kappa shape index (κ1) is 18.4. The van der Waals surface area contributed by atoms with Gasteiger partial charge in [-0.05, 0) is 54.8 Å². The second-order valence-electron chi connectivity index (χ2n) is 7.32. The molecule has 6 nitrogen and oxygen atoms in total. The zero-order valence-corrected chi connectivity index (χ0v) is 17.2. The first-order valence-corrected chi connectivity index (χ1v) is 9.88. The molecule has 0 unspecified atom stereocenters. The fraction of sp³-hybridized carbons (Fsp3) is 0.208. The van der Waals surface area contributed by atoms with Crippen LogP contribution in [0.3, 0.4) is 0 Å². The number of aryl methyl sites for hydroxylation is 2. The van der Waals surface area contributed by atoms with Crippen LogP contribution in [0.25, 0.3) is 33.6 Å². The van der Waals surface area contributed by atoms with E-state index in [4.69, 9.17) is 14.5 Å². The van der Waals surface area contributed by atoms with Crippen LogP contribution >= 0.6 is 0 Å². The number of rotatable bonds is 4. The SMILES string of the molecule is COc1cc2c(cc1OC)-c1c(-c3cncc(-c4ccncc4)c3)nc(C)n1CC2. The highest BCUT2D eigenvalue weighted by Gasteiger charge is 2.26. The van der Waals surface area contributed by atoms with Gasteiger partial charge in [0.25, 0.3) is 0 Å². The summed E-state index contributed by atoms with van der Waals surface area (Å²) >= 11 is 0. The summed E-state index contributed by atoms with van der Waals surface area (Å²) in [6, 6.07) is 10.3. The van der Waals surface area contributed by atoms with E-state index in [0.29, 0.717) is 0 Å². The molecule has 150 valence electrons. The van der Waals surface area contributed by atoms with E-state index in [1.165, 1.54) is 5.56 Å². The first-order valence-electron chi connectivity index (χ1n) is 9.88. The van der Waals surface area contributed by atoms with Gasteiger partial charge >= 0.3 is 0 Å². The van der Waals surface area contributed by atoms with Gasteiger partial charge in [0.2, 0.25) is 0 Å². The average molecular weight is 398 g/mol. The van der Waals surface area contributed by atoms with Gasteiger partial charge in [0.1, 0.15) is 5.82 Å². The van der Waals surface area contributed by atoms with E-state index >= 15 is 0 Å². The summed E-state index contributed by atoms with van der Waals surface area (Å²) in [5, 5.41) is 0. The standard InChI is InChI=1S/C24H22N4O2/c1-15-27-23(19-10-18(13-26-14-19)16-4-7-25-8-5-16)24-20-12-22(30-3)21(29-2)11-17(20)6-9-28(15)24/h4-5,7-8,10-14H,6,9H2,1-3H3. The number of imidazole rings is 1. The highest BCUT2D eigenvalue weighted by molar-refractivity contribution is 5.84. The number of aromatic nitrogens is 4. The number of ether oxygens (including phenoxy) is 2. The van der Waals surface area contributed by atoms with Crippen molar-refractivity contribution in [3.8, 4) is 45.1 Å². The Labute approximate surface area is 175 Å². The van der Waals surface area contributed by atoms with Crippen molar-refractivity contribution in [1.82, 2.24) is 19.5 Å². The molecule has 3 aromatic heterocycles. The summed E-state index contributed by atoms with van der Waals surface area (Å²) in [5.41, 5.74) is 7.51. The topological polar surface area (TPSA) is 62.1 Å². The molecule has 0 fully saturated rings. The summed E-state index contributed by atoms with van der Waals surface area (Å²) in [5.74, 6) is 2.47. The summed E-state index contributed by atoms with van der Waals surface area (Å²) in [6.45, 7) is 2.94. The van der Waals surface area contributed by atoms with E-state index in [1.54, 1.807) is 26.6 Å². The maximum absolute atomic E-state index is 5.57. The van der Waals surface area contributed by atoms with Crippen molar-refractivity contribution in [2.75, 3.05) is 14.2 Å². The number of fused-ring (bicyclic) bond motifs is 3. The number of nitrogens with zero attached hydrogens (tertiary/aromatic N) is 4. The van der Waals surface area contributed by atoms with Gasteiger partial charge in [-0.25, -0.2) is 4.98 Å². The zero-order valence-electron chi connectivity index (χ0n) is 17.2. The molecule has 0 amide bonds. The van der Waals surface area contributed by atoms with Crippen LogP contribution < -0.4 is 9.47 Å². The lowest BCUT2D eigenvalue weighted by molar-refractivity contribution is 0.354. The van der Waals surface area contributed by atoms with E-state index in [0.717, 1.165) is 63.9 Å². The van der Waals surface area contributed by atoms with Crippen LogP contribution in [-0.4, -0.2) is 33.7 Å². The molecule has 0 atom stereocenters. The van der Waals surface area contributed by atoms with Crippen molar-refractivity contribution in [1.29, 1.82) is 0 Å². The molecule has 0 spiro atoms. The van der Waals surface area contributed by atoms with E-state index in [-0.39, 0.29) is 0 Å². The molecule has 1 aliphatic rings. The lowest BCUT2D eigenvalue weighted by Crippen LogP contribution is -2.12. The Balaban J connectivity index is 1.69. The lowest BCUT2D eigenvalue weighted by Gasteiger charge is -2.22. The largest absolute Gasteiger partial charge is 0.493 e. The van der Waals surface area contributed by atoms with E-state index in [2.05, 4.69) is 39.7 Å². The molecular formula is C24H22N4O2. The fourth-order valence-electron chi connectivity index (χ4n) is 4.16. The summed E-state index contributed by atoms with van der Waals surface area (Å²) < 4.78 is 13.4. The Morgan fingerprint density at radius 2 is 1.60 bits per heavy atom. The van der Waals surface area contributed by atoms with Gasteiger partial charge in [0, 0.05) is 48.0 Å². The molecule has 0 N–H and O–H groups in total. The predicted octanol–water partition coefficient (Wildman–Crippen LogP) is 4.56. The Kier molecular flexibility index (Phi) is 4.47. The third kappa shape index (κ3) is 2.92. The maximum Gasteiger partial charge on any atom is 0.161 e. The van der Waals surface area contributed by atoms with Gasteiger partial charge in [-0.2, -0.15) is 0 Å². The van der Waals surface area contributed by atoms with Gasteiger partial charge in [0.15, 0.2) is 11.5 Å². The third-order valence-electron chi connectivity index (χ3n) is 5.65. The quantitative estimate of drug-likeness (QED) is 0.504. The first-order chi connectivity index (χ1) is 14.7. The van der Waals surface area contributed by atoms with Crippen molar-refractivity contribution >= 4 is 0 Å². The van der Waals surface area contributed by atoms with Crippen LogP contribution in [0.15, 0.2) is 55.1 Å². The van der Waals surface area contributed by atoms with Crippen LogP contribution in [0.5, 0.6) is 11.5 Å². The van der Waals surface area contributed by atoms with E-state index in [9.17, 15) is 0 Å². The second-order valence-corrected chi connectivity index (χ2v) is 7.32. The highest BCUT2D eigenvalue weighted by atomic mass is 16.5. The van der Waals surface area contributed by atoms with Crippen molar-refractivity contribution in [3.63, 3.8) is 0 Å². The minimum Gasteiger partial charge on any atom is -0.493 e. The van der Waals surface area contributed by atoms with Crippen molar-refractivity contribution in [2.24, 2.45) is 0 Å². The molecule has 0 saturated heterocycles. The minimum atomic E-state index is 0.721. The van der Waals surface area contributed by atoms with Gasteiger partial charge in [0.05, 0.1) is 25.6 Å². The van der Waals surface area contributed by atoms with E-state index < -0.39 is 0 Å². The Hall–Kier alpha value is -3.67. The second kappa shape index (κ2) is 7.30. The van der Waals surface area contributed by atoms with Crippen LogP contribution in [0.4, 0.5) is 0 Å². The minimum absolute atomic E-state index is 0.721. The number of benzene rings is 1. The van der Waals surface area contributed by atoms with Gasteiger partial charge in [-0.1, -0.05) is 0 Å². The number of pyridine rings is 2. The molecular weight excluding hydrogens is 376 g/mol. The monoisotopic (exact) mass is 398 g/mol. The molecule has 4 heterocycles. The molecule has 0 saturated carbocycles. The van der Waals surface area contributed by atoms with Crippen LogP contribution in [-0.2, 0) is 13.0 Å². The maximum atomic E-state index is 5.57. The Morgan fingerprint density at radius 3 is 2.37 bits per heavy atom. The van der Waals surface area contributed by atoms with Crippen LogP contribution in [0.1, 0.15) is 11.4 Å². The van der Waals surface area contributed by atoms with Crippen molar-refractivity contribution in [3.05, 3.63) is 66.5 Å². The van der Waals surface area contributed by atoms with Crippen molar-refractivity contribution in [2.45, 2.75) is 19.9 Å². The molecule has 0 aliphatic carbocycles. The molecule has 1 aliphatic heterocycles. The van der Waals surface area contributed by atoms with Gasteiger partial charge in [-0.15, -0.1) is 0 Å². The summed E-state index contributed by atoms with van der Waals surface area (Å²) in [7, 11) is 3.34. The van der Waals surface area contributed by atoms with E-state index in [1.807, 2.05) is 24.5 Å². The molecule has 0 bridgehead atoms. The molecule has 5 rings (SSSR count). The number of hydrogen-bond donors (Lipinski definition) is 0. The molecule has 4 aromatic rings. The van der Waals surface area contributed by atoms with Gasteiger partial charge < -0.3 is 14.0 Å².